The number of thioether (sulfide) groups is 1. The predicted octanol–water partition coefficient (Wildman–Crippen LogP) is -2.95. The summed E-state index contributed by atoms with van der Waals surface area (Å²) < 4.78 is 0. The van der Waals surface area contributed by atoms with Crippen LogP contribution in [0.15, 0.2) is 0 Å². The van der Waals surface area contributed by atoms with Gasteiger partial charge in [0.1, 0.15) is 12.6 Å². The molecular weight excluding hydrogens is 382 g/mol. The van der Waals surface area contributed by atoms with Crippen LogP contribution in [0.5, 0.6) is 0 Å². The number of carboxylic acid groups (broad SMARTS) is 2. The molecule has 0 aliphatic heterocycles. The van der Waals surface area contributed by atoms with Crippen molar-refractivity contribution in [2.45, 2.75) is 37.9 Å². The normalized spacial score (nSPS) is 13.2. The van der Waals surface area contributed by atoms with Crippen LogP contribution in [0.1, 0.15) is 19.8 Å². The van der Waals surface area contributed by atoms with Crippen LogP contribution in [0.2, 0.25) is 0 Å². The summed E-state index contributed by atoms with van der Waals surface area (Å²) in [6.45, 7) is 1.03. The van der Waals surface area contributed by atoms with E-state index < -0.39 is 54.2 Å². The first kappa shape index (κ1) is 26.8. The molecule has 0 spiro atoms. The molecule has 0 heterocycles. The van der Waals surface area contributed by atoms with E-state index in [1.165, 1.54) is 6.92 Å². The average Bonchev–Trinajstić information content (AvgIpc) is 2.56. The van der Waals surface area contributed by atoms with Crippen LogP contribution < -0.4 is 27.8 Å². The van der Waals surface area contributed by atoms with E-state index in [0.29, 0.717) is 6.42 Å². The second kappa shape index (κ2) is 14.8. The fourth-order valence-electron chi connectivity index (χ4n) is 1.37. The molecule has 10 N–H and O–H groups in total. The van der Waals surface area contributed by atoms with Crippen molar-refractivity contribution >= 4 is 41.4 Å². The minimum atomic E-state index is -1.32. The molecule has 0 rings (SSSR count). The second-order valence-electron chi connectivity index (χ2n) is 5.36. The molecule has 0 radical (unpaired) electrons. The van der Waals surface area contributed by atoms with Gasteiger partial charge >= 0.3 is 11.9 Å². The maximum atomic E-state index is 11.0. The van der Waals surface area contributed by atoms with Crippen molar-refractivity contribution < 1.29 is 34.2 Å². The fourth-order valence-corrected chi connectivity index (χ4v) is 1.86. The molecule has 0 aliphatic carbocycles. The Kier molecular flexibility index (Phi) is 14.7. The summed E-state index contributed by atoms with van der Waals surface area (Å²) in [6.07, 6.45) is 2.03. The van der Waals surface area contributed by atoms with Crippen molar-refractivity contribution in [1.82, 2.24) is 10.6 Å². The number of amides is 3. The minimum absolute atomic E-state index is 0.369. The second-order valence-corrected chi connectivity index (χ2v) is 6.34. The summed E-state index contributed by atoms with van der Waals surface area (Å²) in [5, 5.41) is 21.2. The van der Waals surface area contributed by atoms with Gasteiger partial charge in [0.2, 0.25) is 17.7 Å². The molecular formula is C14H27N5O7S. The molecule has 12 nitrogen and oxygen atoms in total. The summed E-state index contributed by atoms with van der Waals surface area (Å²) in [5.41, 5.74) is 15.5. The van der Waals surface area contributed by atoms with Crippen molar-refractivity contribution in [1.29, 1.82) is 0 Å². The topological polar surface area (TPSA) is 228 Å². The average molecular weight is 409 g/mol. The largest absolute Gasteiger partial charge is 0.480 e. The lowest BCUT2D eigenvalue weighted by atomic mass is 10.2. The molecule has 13 heteroatoms. The highest BCUT2D eigenvalue weighted by Crippen LogP contribution is 1.98. The Labute approximate surface area is 160 Å². The number of hydrogen-bond donors (Lipinski definition) is 7. The smallest absolute Gasteiger partial charge is 0.326 e. The number of rotatable bonds is 11. The highest BCUT2D eigenvalue weighted by atomic mass is 32.2. The third-order valence-corrected chi connectivity index (χ3v) is 3.46. The lowest BCUT2D eigenvalue weighted by molar-refractivity contribution is -0.143. The summed E-state index contributed by atoms with van der Waals surface area (Å²) in [4.78, 5) is 53.1. The molecule has 0 saturated carbocycles. The molecule has 0 aromatic rings. The van der Waals surface area contributed by atoms with Crippen molar-refractivity contribution in [3.8, 4) is 0 Å². The first-order chi connectivity index (χ1) is 12.4. The van der Waals surface area contributed by atoms with Gasteiger partial charge < -0.3 is 38.0 Å². The number of hydrogen-bond acceptors (Lipinski definition) is 8. The zero-order chi connectivity index (χ0) is 21.6. The number of aliphatic carboxylic acids is 2. The lowest BCUT2D eigenvalue weighted by Crippen LogP contribution is -2.48. The fraction of sp³-hybridized carbons (Fsp3) is 0.643. The van der Waals surface area contributed by atoms with Crippen molar-refractivity contribution in [2.24, 2.45) is 17.2 Å². The molecule has 0 aliphatic rings. The van der Waals surface area contributed by atoms with Gasteiger partial charge in [0.05, 0.1) is 18.5 Å². The highest BCUT2D eigenvalue weighted by Gasteiger charge is 2.23. The van der Waals surface area contributed by atoms with Gasteiger partial charge in [-0.25, -0.2) is 4.79 Å². The molecule has 27 heavy (non-hydrogen) atoms. The van der Waals surface area contributed by atoms with E-state index in [-0.39, 0.29) is 6.54 Å². The molecule has 156 valence electrons. The van der Waals surface area contributed by atoms with Crippen molar-refractivity contribution in [3.05, 3.63) is 0 Å². The Morgan fingerprint density at radius 3 is 2.00 bits per heavy atom. The number of carbonyl (C=O) groups excluding carboxylic acids is 3. The minimum Gasteiger partial charge on any atom is -0.480 e. The molecule has 0 unspecified atom stereocenters. The SMILES string of the molecule is CSCC[C@H](N)C(=O)NCC(=O)O.C[C@H](N)C(=O)N[C@@H](CC(N)=O)C(=O)O. The van der Waals surface area contributed by atoms with E-state index in [9.17, 15) is 24.0 Å². The van der Waals surface area contributed by atoms with E-state index in [2.05, 4.69) is 10.6 Å². The van der Waals surface area contributed by atoms with Gasteiger partial charge in [0, 0.05) is 0 Å². The summed E-state index contributed by atoms with van der Waals surface area (Å²) in [5.74, 6) is -3.44. The van der Waals surface area contributed by atoms with Crippen LogP contribution in [-0.2, 0) is 24.0 Å². The van der Waals surface area contributed by atoms with Crippen molar-refractivity contribution in [3.63, 3.8) is 0 Å². The molecule has 0 aromatic heterocycles. The van der Waals surface area contributed by atoms with Gasteiger partial charge in [-0.3, -0.25) is 19.2 Å². The predicted molar refractivity (Wildman–Crippen MR) is 98.6 cm³/mol. The van der Waals surface area contributed by atoms with E-state index >= 15 is 0 Å². The van der Waals surface area contributed by atoms with E-state index in [1.807, 2.05) is 6.26 Å². The maximum Gasteiger partial charge on any atom is 0.326 e. The Bertz CT molecular complexity index is 530. The molecule has 0 fully saturated rings. The number of carboxylic acids is 2. The quantitative estimate of drug-likeness (QED) is 0.183. The third kappa shape index (κ3) is 15.6. The third-order valence-electron chi connectivity index (χ3n) is 2.82. The van der Waals surface area contributed by atoms with Crippen LogP contribution in [0.25, 0.3) is 0 Å². The summed E-state index contributed by atoms with van der Waals surface area (Å²) in [7, 11) is 0. The van der Waals surface area contributed by atoms with Crippen LogP contribution in [0.3, 0.4) is 0 Å². The van der Waals surface area contributed by atoms with E-state index in [4.69, 9.17) is 27.4 Å². The maximum absolute atomic E-state index is 11.0. The Morgan fingerprint density at radius 1 is 1.07 bits per heavy atom. The number of nitrogens with one attached hydrogen (secondary N) is 2. The Morgan fingerprint density at radius 2 is 1.63 bits per heavy atom. The zero-order valence-corrected chi connectivity index (χ0v) is 16.0. The summed E-state index contributed by atoms with van der Waals surface area (Å²) >= 11 is 1.60. The van der Waals surface area contributed by atoms with Gasteiger partial charge in [-0.05, 0) is 25.4 Å². The molecule has 0 aromatic carbocycles. The molecule has 3 amide bonds. The van der Waals surface area contributed by atoms with Crippen LogP contribution in [0.4, 0.5) is 0 Å². The number of primary amides is 1. The first-order valence-electron chi connectivity index (χ1n) is 7.73. The monoisotopic (exact) mass is 409 g/mol. The number of nitrogens with two attached hydrogens (primary N) is 3. The highest BCUT2D eigenvalue weighted by molar-refractivity contribution is 7.98. The van der Waals surface area contributed by atoms with Crippen LogP contribution >= 0.6 is 11.8 Å². The van der Waals surface area contributed by atoms with Crippen LogP contribution in [-0.4, -0.2) is 76.6 Å². The van der Waals surface area contributed by atoms with E-state index in [0.717, 1.165) is 5.75 Å². The van der Waals surface area contributed by atoms with Gasteiger partial charge in [0.15, 0.2) is 0 Å². The standard InChI is InChI=1S/C7H13N3O4.C7H14N2O3S/c1-3(8)6(12)10-4(7(13)14)2-5(9)11;1-13-3-2-5(8)7(12)9-4-6(10)11/h3-4H,2,8H2,1H3,(H2,9,11)(H,10,12)(H,13,14);5H,2-4,8H2,1H3,(H,9,12)(H,10,11)/t3-,4-;5-/m00/s1. The summed E-state index contributed by atoms with van der Waals surface area (Å²) in [6, 6.07) is -2.75. The first-order valence-corrected chi connectivity index (χ1v) is 9.12. The van der Waals surface area contributed by atoms with Gasteiger partial charge in [0.25, 0.3) is 0 Å². The van der Waals surface area contributed by atoms with Gasteiger partial charge in [-0.15, -0.1) is 0 Å². The molecule has 3 atom stereocenters. The lowest BCUT2D eigenvalue weighted by Gasteiger charge is -2.14. The van der Waals surface area contributed by atoms with Crippen LogP contribution in [0, 0.1) is 0 Å². The molecule has 0 bridgehead atoms. The van der Waals surface area contributed by atoms with Gasteiger partial charge in [-0.1, -0.05) is 0 Å². The van der Waals surface area contributed by atoms with E-state index in [1.54, 1.807) is 11.8 Å². The Hall–Kier alpha value is -2.38. The number of carbonyl (C=O) groups is 5. The van der Waals surface area contributed by atoms with Gasteiger partial charge in [-0.2, -0.15) is 11.8 Å². The van der Waals surface area contributed by atoms with Crippen molar-refractivity contribution in [2.75, 3.05) is 18.6 Å². The molecule has 0 saturated heterocycles. The Balaban J connectivity index is 0. The zero-order valence-electron chi connectivity index (χ0n) is 15.1.